The Morgan fingerprint density at radius 3 is 2.43 bits per heavy atom. The lowest BCUT2D eigenvalue weighted by Crippen LogP contribution is -2.02. The first-order valence-electron chi connectivity index (χ1n) is 2.64. The summed E-state index contributed by atoms with van der Waals surface area (Å²) in [5.74, 6) is 0.843. The van der Waals surface area contributed by atoms with Gasteiger partial charge in [-0.2, -0.15) is 0 Å². The second-order valence-electron chi connectivity index (χ2n) is 2.15. The summed E-state index contributed by atoms with van der Waals surface area (Å²) in [4.78, 5) is 0. The van der Waals surface area contributed by atoms with E-state index in [0.717, 1.165) is 6.42 Å². The van der Waals surface area contributed by atoms with Crippen LogP contribution in [0.25, 0.3) is 0 Å². The van der Waals surface area contributed by atoms with Crippen LogP contribution in [-0.4, -0.2) is 13.2 Å². The van der Waals surface area contributed by atoms with Crippen LogP contribution in [0, 0.1) is 11.8 Å². The maximum Gasteiger partial charge on any atom is 0.0925 e. The molecule has 7 heavy (non-hydrogen) atoms. The quantitative estimate of drug-likeness (QED) is 0.542. The van der Waals surface area contributed by atoms with Crippen LogP contribution >= 0.6 is 0 Å². The molecule has 0 aliphatic heterocycles. The predicted molar refractivity (Wildman–Crippen MR) is 26.6 cm³/mol. The van der Waals surface area contributed by atoms with Gasteiger partial charge in [-0.1, -0.05) is 0 Å². The number of hydrogen-bond donors (Lipinski definition) is 1. The van der Waals surface area contributed by atoms with Crippen LogP contribution in [0.1, 0.15) is 6.42 Å². The van der Waals surface area contributed by atoms with Gasteiger partial charge in [-0.3, -0.25) is 4.39 Å². The maximum atomic E-state index is 11.6. The van der Waals surface area contributed by atoms with Crippen LogP contribution in [0.3, 0.4) is 0 Å². The van der Waals surface area contributed by atoms with E-state index in [1.54, 1.807) is 0 Å². The molecular weight excluding hydrogens is 93.1 g/mol. The van der Waals surface area contributed by atoms with E-state index in [9.17, 15) is 4.39 Å². The molecule has 0 amide bonds. The first-order chi connectivity index (χ1) is 3.38. The fraction of sp³-hybridized carbons (Fsp3) is 1.00. The van der Waals surface area contributed by atoms with Crippen LogP contribution in [0.2, 0.25) is 0 Å². The average Bonchev–Trinajstić information content (AvgIpc) is 2.43. The molecule has 1 fully saturated rings. The normalized spacial score (nSPS) is 38.6. The van der Waals surface area contributed by atoms with Crippen molar-refractivity contribution in [2.24, 2.45) is 17.6 Å². The lowest BCUT2D eigenvalue weighted by atomic mass is 10.3. The molecule has 0 bridgehead atoms. The van der Waals surface area contributed by atoms with Crippen LogP contribution in [0.5, 0.6) is 0 Å². The van der Waals surface area contributed by atoms with Gasteiger partial charge in [0.15, 0.2) is 0 Å². The Morgan fingerprint density at radius 2 is 2.29 bits per heavy atom. The zero-order chi connectivity index (χ0) is 5.28. The van der Waals surface area contributed by atoms with Crippen LogP contribution < -0.4 is 5.73 Å². The molecule has 0 aromatic rings. The summed E-state index contributed by atoms with van der Waals surface area (Å²) >= 11 is 0. The van der Waals surface area contributed by atoms with Crippen molar-refractivity contribution in [1.29, 1.82) is 0 Å². The molecule has 1 aliphatic rings. The second kappa shape index (κ2) is 1.78. The number of nitrogens with two attached hydrogens (primary N) is 1. The van der Waals surface area contributed by atoms with Crippen molar-refractivity contribution in [2.45, 2.75) is 6.42 Å². The van der Waals surface area contributed by atoms with E-state index in [1.165, 1.54) is 0 Å². The van der Waals surface area contributed by atoms with Crippen molar-refractivity contribution in [2.75, 3.05) is 13.2 Å². The van der Waals surface area contributed by atoms with E-state index in [4.69, 9.17) is 5.73 Å². The van der Waals surface area contributed by atoms with Crippen molar-refractivity contribution < 1.29 is 4.39 Å². The first-order valence-corrected chi connectivity index (χ1v) is 2.64. The topological polar surface area (TPSA) is 26.0 Å². The Balaban J connectivity index is 2.06. The van der Waals surface area contributed by atoms with Gasteiger partial charge in [-0.05, 0) is 24.8 Å². The molecule has 1 nitrogen and oxygen atoms in total. The van der Waals surface area contributed by atoms with Crippen molar-refractivity contribution in [3.63, 3.8) is 0 Å². The number of halogens is 1. The summed E-state index contributed by atoms with van der Waals surface area (Å²) in [5, 5.41) is 0. The van der Waals surface area contributed by atoms with Gasteiger partial charge in [0, 0.05) is 0 Å². The van der Waals surface area contributed by atoms with Gasteiger partial charge < -0.3 is 5.73 Å². The summed E-state index contributed by atoms with van der Waals surface area (Å²) in [5.41, 5.74) is 5.23. The van der Waals surface area contributed by atoms with Crippen LogP contribution in [0.4, 0.5) is 4.39 Å². The third kappa shape index (κ3) is 0.911. The van der Waals surface area contributed by atoms with Gasteiger partial charge in [0.1, 0.15) is 0 Å². The molecule has 2 heteroatoms. The minimum Gasteiger partial charge on any atom is -0.330 e. The molecule has 1 aliphatic carbocycles. The molecule has 0 radical (unpaired) electrons. The Kier molecular flexibility index (Phi) is 1.28. The van der Waals surface area contributed by atoms with Gasteiger partial charge in [0.25, 0.3) is 0 Å². The monoisotopic (exact) mass is 103 g/mol. The number of alkyl halides is 1. The zero-order valence-electron chi connectivity index (χ0n) is 4.23. The lowest BCUT2D eigenvalue weighted by Gasteiger charge is -1.83. The summed E-state index contributed by atoms with van der Waals surface area (Å²) < 4.78 is 11.6. The highest BCUT2D eigenvalue weighted by atomic mass is 19.1. The van der Waals surface area contributed by atoms with E-state index in [1.807, 2.05) is 0 Å². The molecule has 0 unspecified atom stereocenters. The molecule has 0 heterocycles. The molecule has 42 valence electrons. The molecule has 0 saturated heterocycles. The standard InChI is InChI=1S/C5H10FN/c6-2-4-1-5(4)3-7/h4-5H,1-3,7H2/t4-,5-/m1/s1. The van der Waals surface area contributed by atoms with E-state index in [2.05, 4.69) is 0 Å². The van der Waals surface area contributed by atoms with Gasteiger partial charge in [-0.15, -0.1) is 0 Å². The summed E-state index contributed by atoms with van der Waals surface area (Å²) in [6, 6.07) is 0. The van der Waals surface area contributed by atoms with Crippen molar-refractivity contribution >= 4 is 0 Å². The Labute approximate surface area is 42.7 Å². The third-order valence-electron chi connectivity index (χ3n) is 1.57. The van der Waals surface area contributed by atoms with Gasteiger partial charge in [-0.25, -0.2) is 0 Å². The zero-order valence-corrected chi connectivity index (χ0v) is 4.23. The Bertz CT molecular complexity index is 57.1. The number of hydrogen-bond acceptors (Lipinski definition) is 1. The highest BCUT2D eigenvalue weighted by Crippen LogP contribution is 2.37. The molecule has 0 spiro atoms. The fourth-order valence-corrected chi connectivity index (χ4v) is 0.788. The molecule has 2 atom stereocenters. The SMILES string of the molecule is NC[C@H]1C[C@@H]1CF. The Hall–Kier alpha value is -0.110. The molecule has 1 saturated carbocycles. The summed E-state index contributed by atoms with van der Waals surface area (Å²) in [6.07, 6.45) is 1.02. The molecule has 1 rings (SSSR count). The smallest absolute Gasteiger partial charge is 0.0925 e. The van der Waals surface area contributed by atoms with E-state index >= 15 is 0 Å². The van der Waals surface area contributed by atoms with Gasteiger partial charge >= 0.3 is 0 Å². The number of rotatable bonds is 2. The Morgan fingerprint density at radius 1 is 1.57 bits per heavy atom. The third-order valence-corrected chi connectivity index (χ3v) is 1.57. The maximum absolute atomic E-state index is 11.6. The lowest BCUT2D eigenvalue weighted by molar-refractivity contribution is 0.441. The van der Waals surface area contributed by atoms with Crippen LogP contribution in [0.15, 0.2) is 0 Å². The van der Waals surface area contributed by atoms with Gasteiger partial charge in [0.2, 0.25) is 0 Å². The highest BCUT2D eigenvalue weighted by Gasteiger charge is 2.35. The summed E-state index contributed by atoms with van der Waals surface area (Å²) in [7, 11) is 0. The molecule has 2 N–H and O–H groups in total. The van der Waals surface area contributed by atoms with Gasteiger partial charge in [0.05, 0.1) is 6.67 Å². The predicted octanol–water partition coefficient (Wildman–Crippen LogP) is 0.551. The molecule has 0 aromatic heterocycles. The highest BCUT2D eigenvalue weighted by molar-refractivity contribution is 4.85. The average molecular weight is 103 g/mol. The fourth-order valence-electron chi connectivity index (χ4n) is 0.788. The molecular formula is C5H10FN. The van der Waals surface area contributed by atoms with Crippen molar-refractivity contribution in [3.8, 4) is 0 Å². The largest absolute Gasteiger partial charge is 0.330 e. The minimum atomic E-state index is -0.165. The van der Waals surface area contributed by atoms with Crippen molar-refractivity contribution in [1.82, 2.24) is 0 Å². The minimum absolute atomic E-state index is 0.165. The first kappa shape index (κ1) is 5.04. The van der Waals surface area contributed by atoms with E-state index in [0.29, 0.717) is 18.4 Å². The van der Waals surface area contributed by atoms with E-state index in [-0.39, 0.29) is 6.67 Å². The second-order valence-corrected chi connectivity index (χ2v) is 2.15. The van der Waals surface area contributed by atoms with Crippen molar-refractivity contribution in [3.05, 3.63) is 0 Å². The van der Waals surface area contributed by atoms with E-state index < -0.39 is 0 Å². The molecule has 0 aromatic carbocycles. The van der Waals surface area contributed by atoms with Crippen LogP contribution in [-0.2, 0) is 0 Å². The summed E-state index contributed by atoms with van der Waals surface area (Å²) in [6.45, 7) is 0.510.